The first kappa shape index (κ1) is 20.7. The summed E-state index contributed by atoms with van der Waals surface area (Å²) in [6.45, 7) is 1.56. The first-order valence-electron chi connectivity index (χ1n) is 5.85. The Labute approximate surface area is 133 Å². The zero-order valence-electron chi connectivity index (χ0n) is 11.8. The number of halogens is 4. The van der Waals surface area contributed by atoms with Crippen molar-refractivity contribution in [1.29, 1.82) is 5.26 Å². The molecule has 1 aromatic rings. The molecule has 0 radical (unpaired) electrons. The van der Waals surface area contributed by atoms with Gasteiger partial charge < -0.3 is 5.73 Å². The summed E-state index contributed by atoms with van der Waals surface area (Å²) >= 11 is 0. The second kappa shape index (κ2) is 7.28. The van der Waals surface area contributed by atoms with Crippen molar-refractivity contribution in [2.75, 3.05) is 13.6 Å². The van der Waals surface area contributed by atoms with Gasteiger partial charge in [0, 0.05) is 19.6 Å². The molecule has 1 aromatic carbocycles. The van der Waals surface area contributed by atoms with Crippen molar-refractivity contribution >= 4 is 22.4 Å². The maximum Gasteiger partial charge on any atom is 0.417 e. The van der Waals surface area contributed by atoms with E-state index in [1.54, 1.807) is 0 Å². The molecule has 10 heteroatoms. The van der Waals surface area contributed by atoms with E-state index in [1.165, 1.54) is 20.0 Å². The first-order chi connectivity index (χ1) is 9.55. The smallest absolute Gasteiger partial charge is 0.329 e. The monoisotopic (exact) mass is 357 g/mol. The molecule has 2 N–H and O–H groups in total. The average Bonchev–Trinajstić information content (AvgIpc) is 2.43. The second-order valence-corrected chi connectivity index (χ2v) is 6.42. The molecule has 0 spiro atoms. The number of hydrogen-bond donors (Lipinski definition) is 1. The van der Waals surface area contributed by atoms with Gasteiger partial charge in [-0.2, -0.15) is 22.7 Å². The number of nitriles is 1. The Kier molecular flexibility index (Phi) is 6.84. The highest BCUT2D eigenvalue weighted by molar-refractivity contribution is 7.89. The maximum atomic E-state index is 12.8. The van der Waals surface area contributed by atoms with Crippen molar-refractivity contribution < 1.29 is 21.6 Å². The van der Waals surface area contributed by atoms with Gasteiger partial charge in [-0.1, -0.05) is 0 Å². The second-order valence-electron chi connectivity index (χ2n) is 4.42. The van der Waals surface area contributed by atoms with Crippen molar-refractivity contribution in [3.8, 4) is 6.07 Å². The molecule has 1 unspecified atom stereocenters. The third-order valence-electron chi connectivity index (χ3n) is 3.06. The fourth-order valence-corrected chi connectivity index (χ4v) is 2.97. The van der Waals surface area contributed by atoms with Gasteiger partial charge in [-0.05, 0) is 25.1 Å². The van der Waals surface area contributed by atoms with Crippen LogP contribution in [0.1, 0.15) is 18.1 Å². The number of nitrogens with zero attached hydrogens (tertiary/aromatic N) is 2. The van der Waals surface area contributed by atoms with Gasteiger partial charge in [-0.25, -0.2) is 8.42 Å². The van der Waals surface area contributed by atoms with Crippen molar-refractivity contribution in [1.82, 2.24) is 4.31 Å². The van der Waals surface area contributed by atoms with Crippen LogP contribution >= 0.6 is 12.4 Å². The van der Waals surface area contributed by atoms with Crippen LogP contribution in [0.15, 0.2) is 23.1 Å². The van der Waals surface area contributed by atoms with Crippen LogP contribution < -0.4 is 5.73 Å². The minimum Gasteiger partial charge on any atom is -0.329 e. The Morgan fingerprint density at radius 1 is 1.41 bits per heavy atom. The van der Waals surface area contributed by atoms with Crippen LogP contribution in [0, 0.1) is 11.3 Å². The van der Waals surface area contributed by atoms with Gasteiger partial charge >= 0.3 is 6.18 Å². The molecule has 0 saturated heterocycles. The number of nitrogens with two attached hydrogens (primary N) is 1. The summed E-state index contributed by atoms with van der Waals surface area (Å²) in [7, 11) is -2.88. The van der Waals surface area contributed by atoms with Crippen LogP contribution in [0.5, 0.6) is 0 Å². The molecular weight excluding hydrogens is 343 g/mol. The fraction of sp³-hybridized carbons (Fsp3) is 0.417. The van der Waals surface area contributed by atoms with Gasteiger partial charge in [0.1, 0.15) is 0 Å². The quantitative estimate of drug-likeness (QED) is 0.892. The lowest BCUT2D eigenvalue weighted by atomic mass is 10.1. The molecule has 5 nitrogen and oxygen atoms in total. The predicted molar refractivity (Wildman–Crippen MR) is 76.9 cm³/mol. The maximum absolute atomic E-state index is 12.8. The van der Waals surface area contributed by atoms with Crippen molar-refractivity contribution in [3.05, 3.63) is 29.3 Å². The average molecular weight is 358 g/mol. The number of alkyl halides is 3. The van der Waals surface area contributed by atoms with E-state index in [2.05, 4.69) is 0 Å². The summed E-state index contributed by atoms with van der Waals surface area (Å²) in [6, 6.07) is 3.11. The molecule has 0 fully saturated rings. The van der Waals surface area contributed by atoms with E-state index in [0.717, 1.165) is 16.4 Å². The first-order valence-corrected chi connectivity index (χ1v) is 7.29. The molecule has 0 bridgehead atoms. The molecule has 0 saturated carbocycles. The summed E-state index contributed by atoms with van der Waals surface area (Å²) in [4.78, 5) is -0.531. The Morgan fingerprint density at radius 2 is 1.95 bits per heavy atom. The third kappa shape index (κ3) is 4.10. The predicted octanol–water partition coefficient (Wildman–Crippen LogP) is 1.97. The Bertz CT molecular complexity index is 671. The van der Waals surface area contributed by atoms with Crippen LogP contribution in [0.3, 0.4) is 0 Å². The largest absolute Gasteiger partial charge is 0.417 e. The zero-order valence-corrected chi connectivity index (χ0v) is 13.4. The van der Waals surface area contributed by atoms with Gasteiger partial charge in [0.2, 0.25) is 10.0 Å². The molecule has 1 rings (SSSR count). The van der Waals surface area contributed by atoms with Gasteiger partial charge in [0.05, 0.1) is 22.1 Å². The fourth-order valence-electron chi connectivity index (χ4n) is 1.57. The normalized spacial score (nSPS) is 13.4. The number of likely N-dealkylation sites (N-methyl/N-ethyl adjacent to an activating group) is 1. The van der Waals surface area contributed by atoms with E-state index in [1.807, 2.05) is 0 Å². The molecule has 0 heterocycles. The number of hydrogen-bond acceptors (Lipinski definition) is 4. The lowest BCUT2D eigenvalue weighted by molar-refractivity contribution is -0.137. The highest BCUT2D eigenvalue weighted by atomic mass is 35.5. The molecule has 0 aliphatic heterocycles. The standard InChI is InChI=1S/C12H14F3N3O2S.ClH/c1-8(6-16)18(2)21(19,20)10-4-3-9(7-17)11(5-10)12(13,14)15;/h3-5,8H,6,16H2,1-2H3;1H. The Balaban J connectivity index is 0.00000441. The lowest BCUT2D eigenvalue weighted by Crippen LogP contribution is -2.39. The number of benzene rings is 1. The van der Waals surface area contributed by atoms with E-state index in [-0.39, 0.29) is 19.0 Å². The molecule has 124 valence electrons. The van der Waals surface area contributed by atoms with Crippen molar-refractivity contribution in [2.45, 2.75) is 24.0 Å². The molecule has 0 amide bonds. The highest BCUT2D eigenvalue weighted by Gasteiger charge is 2.36. The van der Waals surface area contributed by atoms with Crippen LogP contribution in [-0.2, 0) is 16.2 Å². The van der Waals surface area contributed by atoms with E-state index >= 15 is 0 Å². The van der Waals surface area contributed by atoms with Crippen LogP contribution in [0.4, 0.5) is 13.2 Å². The van der Waals surface area contributed by atoms with E-state index in [0.29, 0.717) is 6.07 Å². The molecule has 22 heavy (non-hydrogen) atoms. The van der Waals surface area contributed by atoms with Gasteiger partial charge in [0.15, 0.2) is 0 Å². The summed E-state index contributed by atoms with van der Waals surface area (Å²) in [5.41, 5.74) is 3.46. The van der Waals surface area contributed by atoms with E-state index in [9.17, 15) is 21.6 Å². The highest BCUT2D eigenvalue weighted by Crippen LogP contribution is 2.33. The van der Waals surface area contributed by atoms with Crippen LogP contribution in [-0.4, -0.2) is 32.4 Å². The van der Waals surface area contributed by atoms with E-state index < -0.39 is 38.3 Å². The Morgan fingerprint density at radius 3 is 2.36 bits per heavy atom. The van der Waals surface area contributed by atoms with Crippen molar-refractivity contribution in [2.24, 2.45) is 5.73 Å². The number of sulfonamides is 1. The number of rotatable bonds is 4. The lowest BCUT2D eigenvalue weighted by Gasteiger charge is -2.23. The molecule has 1 atom stereocenters. The van der Waals surface area contributed by atoms with Gasteiger partial charge in [-0.15, -0.1) is 12.4 Å². The summed E-state index contributed by atoms with van der Waals surface area (Å²) in [5.74, 6) is 0. The molecule has 0 aliphatic rings. The SMILES string of the molecule is CC(CN)N(C)S(=O)(=O)c1ccc(C#N)c(C(F)(F)F)c1.Cl. The summed E-state index contributed by atoms with van der Waals surface area (Å²) in [6.07, 6.45) is -4.81. The molecule has 0 aromatic heterocycles. The van der Waals surface area contributed by atoms with Gasteiger partial charge in [-0.3, -0.25) is 0 Å². The minimum absolute atomic E-state index is 0. The molecule has 0 aliphatic carbocycles. The van der Waals surface area contributed by atoms with E-state index in [4.69, 9.17) is 11.0 Å². The summed E-state index contributed by atoms with van der Waals surface area (Å²) < 4.78 is 63.9. The Hall–Kier alpha value is -1.34. The topological polar surface area (TPSA) is 87.2 Å². The minimum atomic E-state index is -4.81. The summed E-state index contributed by atoms with van der Waals surface area (Å²) in [5, 5.41) is 8.68. The van der Waals surface area contributed by atoms with Gasteiger partial charge in [0.25, 0.3) is 0 Å². The van der Waals surface area contributed by atoms with Crippen molar-refractivity contribution in [3.63, 3.8) is 0 Å². The molecular formula is C12H15ClF3N3O2S. The third-order valence-corrected chi connectivity index (χ3v) is 5.02. The van der Waals surface area contributed by atoms with Crippen LogP contribution in [0.25, 0.3) is 0 Å². The van der Waals surface area contributed by atoms with Crippen LogP contribution in [0.2, 0.25) is 0 Å². The zero-order chi connectivity index (χ0) is 16.4.